The van der Waals surface area contributed by atoms with E-state index in [9.17, 15) is 9.18 Å². The Hall–Kier alpha value is -1.41. The van der Waals surface area contributed by atoms with Crippen LogP contribution < -0.4 is 15.4 Å². The standard InChI is InChI=1S/C17H20FN3O2S.2ClH/c1-11-16(17(22)21-13-3-2-8-19-9-13)24-15(20-11)10-23-14-6-4-12(18)5-7-14;;/h4-7,13,19H,2-3,8-10H2,1H3,(H,21,22);2*1H/t13-;;/m0../s1. The van der Waals surface area contributed by atoms with E-state index in [1.807, 2.05) is 6.92 Å². The van der Waals surface area contributed by atoms with Crippen molar-refractivity contribution in [1.29, 1.82) is 0 Å². The number of ether oxygens (including phenoxy) is 1. The van der Waals surface area contributed by atoms with Crippen molar-refractivity contribution in [2.45, 2.75) is 32.4 Å². The highest BCUT2D eigenvalue weighted by Crippen LogP contribution is 2.21. The van der Waals surface area contributed by atoms with E-state index < -0.39 is 0 Å². The number of aromatic nitrogens is 1. The Balaban J connectivity index is 0.00000169. The van der Waals surface area contributed by atoms with Gasteiger partial charge in [-0.25, -0.2) is 9.37 Å². The van der Waals surface area contributed by atoms with E-state index in [1.54, 1.807) is 12.1 Å². The van der Waals surface area contributed by atoms with E-state index in [4.69, 9.17) is 4.74 Å². The van der Waals surface area contributed by atoms with Crippen LogP contribution in [-0.4, -0.2) is 30.0 Å². The number of nitrogens with zero attached hydrogens (tertiary/aromatic N) is 1. The lowest BCUT2D eigenvalue weighted by molar-refractivity contribution is 0.0934. The smallest absolute Gasteiger partial charge is 0.263 e. The number of piperidine rings is 1. The molecule has 1 atom stereocenters. The molecule has 144 valence electrons. The molecule has 1 aliphatic rings. The van der Waals surface area contributed by atoms with Crippen molar-refractivity contribution in [3.63, 3.8) is 0 Å². The predicted octanol–water partition coefficient (Wildman–Crippen LogP) is 3.50. The first kappa shape index (κ1) is 22.6. The molecule has 1 saturated heterocycles. The minimum atomic E-state index is -0.302. The van der Waals surface area contributed by atoms with Crippen LogP contribution in [0.2, 0.25) is 0 Å². The Morgan fingerprint density at radius 3 is 2.77 bits per heavy atom. The monoisotopic (exact) mass is 421 g/mol. The highest BCUT2D eigenvalue weighted by atomic mass is 35.5. The molecule has 0 saturated carbocycles. The number of amides is 1. The first-order valence-corrected chi connectivity index (χ1v) is 8.80. The number of carbonyl (C=O) groups excluding carboxylic acids is 1. The third-order valence-corrected chi connectivity index (χ3v) is 4.98. The molecule has 9 heteroatoms. The second-order valence-corrected chi connectivity index (χ2v) is 6.87. The van der Waals surface area contributed by atoms with Crippen molar-refractivity contribution in [2.24, 2.45) is 0 Å². The lowest BCUT2D eigenvalue weighted by Crippen LogP contribution is -2.45. The Morgan fingerprint density at radius 2 is 2.12 bits per heavy atom. The first-order valence-electron chi connectivity index (χ1n) is 7.98. The quantitative estimate of drug-likeness (QED) is 0.775. The summed E-state index contributed by atoms with van der Waals surface area (Å²) in [6.45, 7) is 3.91. The van der Waals surface area contributed by atoms with Gasteiger partial charge in [0.05, 0.1) is 5.69 Å². The van der Waals surface area contributed by atoms with Crippen LogP contribution in [0.3, 0.4) is 0 Å². The molecular weight excluding hydrogens is 400 g/mol. The molecule has 2 heterocycles. The number of rotatable bonds is 5. The third-order valence-electron chi connectivity index (χ3n) is 3.86. The Bertz CT molecular complexity index is 707. The van der Waals surface area contributed by atoms with Crippen molar-refractivity contribution in [3.8, 4) is 5.75 Å². The topological polar surface area (TPSA) is 63.2 Å². The lowest BCUT2D eigenvalue weighted by Gasteiger charge is -2.23. The fourth-order valence-corrected chi connectivity index (χ4v) is 3.51. The SMILES string of the molecule is Cc1nc(COc2ccc(F)cc2)sc1C(=O)N[C@H]1CCCNC1.Cl.Cl. The van der Waals surface area contributed by atoms with Crippen LogP contribution in [0.5, 0.6) is 5.75 Å². The molecule has 1 fully saturated rings. The number of nitrogens with one attached hydrogen (secondary N) is 2. The van der Waals surface area contributed by atoms with Crippen molar-refractivity contribution in [2.75, 3.05) is 13.1 Å². The molecule has 26 heavy (non-hydrogen) atoms. The summed E-state index contributed by atoms with van der Waals surface area (Å²) >= 11 is 1.34. The van der Waals surface area contributed by atoms with Crippen LogP contribution >= 0.6 is 36.2 Å². The number of hydrogen-bond donors (Lipinski definition) is 2. The molecular formula is C17H22Cl2FN3O2S. The van der Waals surface area contributed by atoms with E-state index in [0.717, 1.165) is 30.9 Å². The second kappa shape index (κ2) is 10.7. The fraction of sp³-hybridized carbons (Fsp3) is 0.412. The van der Waals surface area contributed by atoms with Gasteiger partial charge in [0.2, 0.25) is 0 Å². The van der Waals surface area contributed by atoms with Gasteiger partial charge in [0.1, 0.15) is 28.1 Å². The minimum absolute atomic E-state index is 0. The van der Waals surface area contributed by atoms with Gasteiger partial charge in [-0.05, 0) is 50.6 Å². The lowest BCUT2D eigenvalue weighted by atomic mass is 10.1. The minimum Gasteiger partial charge on any atom is -0.486 e. The van der Waals surface area contributed by atoms with Gasteiger partial charge < -0.3 is 15.4 Å². The summed E-state index contributed by atoms with van der Waals surface area (Å²) in [6.07, 6.45) is 2.07. The fourth-order valence-electron chi connectivity index (χ4n) is 2.63. The Morgan fingerprint density at radius 1 is 1.38 bits per heavy atom. The molecule has 3 rings (SSSR count). The van der Waals surface area contributed by atoms with Crippen LogP contribution in [0.1, 0.15) is 33.2 Å². The number of hydrogen-bond acceptors (Lipinski definition) is 5. The Kier molecular flexibility index (Phi) is 9.29. The molecule has 0 bridgehead atoms. The molecule has 1 aromatic carbocycles. The van der Waals surface area contributed by atoms with Gasteiger partial charge >= 0.3 is 0 Å². The normalized spacial score (nSPS) is 16.2. The summed E-state index contributed by atoms with van der Waals surface area (Å²) in [5.41, 5.74) is 0.707. The summed E-state index contributed by atoms with van der Waals surface area (Å²) in [5.74, 6) is 0.193. The summed E-state index contributed by atoms with van der Waals surface area (Å²) in [6, 6.07) is 6.00. The van der Waals surface area contributed by atoms with Crippen molar-refractivity contribution >= 4 is 42.1 Å². The molecule has 0 unspecified atom stereocenters. The summed E-state index contributed by atoms with van der Waals surface area (Å²) in [5, 5.41) is 7.06. The summed E-state index contributed by atoms with van der Waals surface area (Å²) in [7, 11) is 0. The molecule has 0 radical (unpaired) electrons. The summed E-state index contributed by atoms with van der Waals surface area (Å²) < 4.78 is 18.5. The number of thiazole rings is 1. The van der Waals surface area contributed by atoms with Crippen LogP contribution in [-0.2, 0) is 6.61 Å². The van der Waals surface area contributed by atoms with Crippen LogP contribution in [0, 0.1) is 12.7 Å². The van der Waals surface area contributed by atoms with Gasteiger partial charge in [0.25, 0.3) is 5.91 Å². The molecule has 5 nitrogen and oxygen atoms in total. The first-order chi connectivity index (χ1) is 11.6. The van der Waals surface area contributed by atoms with Gasteiger partial charge in [-0.2, -0.15) is 0 Å². The molecule has 0 aliphatic carbocycles. The van der Waals surface area contributed by atoms with Gasteiger partial charge in [0.15, 0.2) is 0 Å². The van der Waals surface area contributed by atoms with Crippen LogP contribution in [0.25, 0.3) is 0 Å². The zero-order valence-electron chi connectivity index (χ0n) is 14.3. The molecule has 1 aromatic heterocycles. The van der Waals surface area contributed by atoms with Crippen molar-refractivity contribution in [3.05, 3.63) is 45.7 Å². The zero-order chi connectivity index (χ0) is 16.9. The zero-order valence-corrected chi connectivity index (χ0v) is 16.7. The third kappa shape index (κ3) is 6.09. The highest BCUT2D eigenvalue weighted by Gasteiger charge is 2.20. The number of halogens is 3. The maximum atomic E-state index is 12.9. The van der Waals surface area contributed by atoms with Gasteiger partial charge in [-0.15, -0.1) is 36.2 Å². The number of benzene rings is 1. The van der Waals surface area contributed by atoms with E-state index in [2.05, 4.69) is 15.6 Å². The molecule has 2 aromatic rings. The molecule has 2 N–H and O–H groups in total. The predicted molar refractivity (Wildman–Crippen MR) is 105 cm³/mol. The molecule has 1 amide bonds. The van der Waals surface area contributed by atoms with Crippen molar-refractivity contribution < 1.29 is 13.9 Å². The molecule has 0 spiro atoms. The maximum Gasteiger partial charge on any atom is 0.263 e. The van der Waals surface area contributed by atoms with Gasteiger partial charge in [-0.1, -0.05) is 0 Å². The largest absolute Gasteiger partial charge is 0.486 e. The van der Waals surface area contributed by atoms with E-state index in [0.29, 0.717) is 16.3 Å². The number of carbonyl (C=O) groups is 1. The van der Waals surface area contributed by atoms with Crippen molar-refractivity contribution in [1.82, 2.24) is 15.6 Å². The van der Waals surface area contributed by atoms with Crippen LogP contribution in [0.4, 0.5) is 4.39 Å². The second-order valence-electron chi connectivity index (χ2n) is 5.78. The van der Waals surface area contributed by atoms with Crippen LogP contribution in [0.15, 0.2) is 24.3 Å². The van der Waals surface area contributed by atoms with E-state index in [1.165, 1.54) is 23.5 Å². The average molecular weight is 422 g/mol. The molecule has 1 aliphatic heterocycles. The number of aryl methyl sites for hydroxylation is 1. The van der Waals surface area contributed by atoms with Gasteiger partial charge in [0, 0.05) is 12.6 Å². The maximum absolute atomic E-state index is 12.9. The van der Waals surface area contributed by atoms with E-state index in [-0.39, 0.29) is 49.2 Å². The van der Waals surface area contributed by atoms with E-state index >= 15 is 0 Å². The average Bonchev–Trinajstić information content (AvgIpc) is 2.96. The Labute approximate surface area is 168 Å². The summed E-state index contributed by atoms with van der Waals surface area (Å²) in [4.78, 5) is 17.4. The van der Waals surface area contributed by atoms with Gasteiger partial charge in [-0.3, -0.25) is 4.79 Å². The highest BCUT2D eigenvalue weighted by molar-refractivity contribution is 7.13.